The minimum atomic E-state index is -1.02. The number of hydrogen-bond donors (Lipinski definition) is 5. The van der Waals surface area contributed by atoms with Gasteiger partial charge in [-0.3, -0.25) is 10.4 Å². The average Bonchev–Trinajstić information content (AvgIpc) is 2.43. The Balaban J connectivity index is 2.87. The number of rotatable bonds is 8. The van der Waals surface area contributed by atoms with E-state index in [1.807, 2.05) is 0 Å². The van der Waals surface area contributed by atoms with Crippen molar-refractivity contribution in [3.05, 3.63) is 29.3 Å². The second-order valence-corrected chi connectivity index (χ2v) is 4.60. The molecule has 0 amide bonds. The first-order valence-corrected chi connectivity index (χ1v) is 6.59. The van der Waals surface area contributed by atoms with Crippen LogP contribution in [-0.4, -0.2) is 40.8 Å². The topological polar surface area (TPSA) is 146 Å². The molecule has 1 rings (SSSR count). The van der Waals surface area contributed by atoms with Crippen molar-refractivity contribution in [2.45, 2.75) is 25.3 Å². The van der Waals surface area contributed by atoms with Gasteiger partial charge in [0.1, 0.15) is 17.6 Å². The summed E-state index contributed by atoms with van der Waals surface area (Å²) in [5.41, 5.74) is 11.5. The highest BCUT2D eigenvalue weighted by molar-refractivity contribution is 5.97. The fraction of sp³-hybridized carbons (Fsp3) is 0.357. The van der Waals surface area contributed by atoms with Gasteiger partial charge in [0.25, 0.3) is 0 Å². The molecule has 21 heavy (non-hydrogen) atoms. The van der Waals surface area contributed by atoms with Crippen LogP contribution in [0.15, 0.2) is 23.2 Å². The van der Waals surface area contributed by atoms with Crippen molar-refractivity contribution < 1.29 is 15.0 Å². The molecule has 0 aliphatic rings. The number of carbonyl (C=O) groups is 1. The van der Waals surface area contributed by atoms with Crippen LogP contribution in [0.5, 0.6) is 5.75 Å². The summed E-state index contributed by atoms with van der Waals surface area (Å²) in [5, 5.41) is 26.2. The van der Waals surface area contributed by atoms with Gasteiger partial charge >= 0.3 is 5.97 Å². The highest BCUT2D eigenvalue weighted by atomic mass is 16.4. The van der Waals surface area contributed by atoms with Crippen LogP contribution in [0.2, 0.25) is 0 Å². The van der Waals surface area contributed by atoms with E-state index in [0.717, 1.165) is 6.42 Å². The van der Waals surface area contributed by atoms with Crippen LogP contribution in [0.25, 0.3) is 0 Å². The smallest absolute Gasteiger partial charge is 0.328 e. The number of aliphatic carboxylic acids is 1. The van der Waals surface area contributed by atoms with Crippen LogP contribution in [0.1, 0.15) is 30.4 Å². The largest absolute Gasteiger partial charge is 0.507 e. The highest BCUT2D eigenvalue weighted by Crippen LogP contribution is 2.17. The number of phenolic OH excluding ortho intramolecular Hbond substituents is 1. The first-order valence-electron chi connectivity index (χ1n) is 6.59. The maximum Gasteiger partial charge on any atom is 0.328 e. The highest BCUT2D eigenvalue weighted by Gasteiger charge is 2.14. The zero-order chi connectivity index (χ0) is 15.8. The molecule has 0 aliphatic carbocycles. The fourth-order valence-corrected chi connectivity index (χ4v) is 1.74. The number of aromatic hydroxyl groups is 1. The minimum absolute atomic E-state index is 0.0464. The van der Waals surface area contributed by atoms with E-state index in [2.05, 4.69) is 4.99 Å². The quantitative estimate of drug-likeness (QED) is 0.271. The Morgan fingerprint density at radius 3 is 2.71 bits per heavy atom. The number of aliphatic imine (C=N–C) groups is 1. The number of phenols is 1. The van der Waals surface area contributed by atoms with Crippen LogP contribution in [0.3, 0.4) is 0 Å². The van der Waals surface area contributed by atoms with Gasteiger partial charge in [-0.25, -0.2) is 4.79 Å². The summed E-state index contributed by atoms with van der Waals surface area (Å²) in [6, 6.07) is 3.50. The van der Waals surface area contributed by atoms with E-state index < -0.39 is 12.0 Å². The third-order valence-corrected chi connectivity index (χ3v) is 2.95. The lowest BCUT2D eigenvalue weighted by molar-refractivity contribution is -0.138. The molecule has 0 bridgehead atoms. The molecule has 0 heterocycles. The predicted molar refractivity (Wildman–Crippen MR) is 81.0 cm³/mol. The van der Waals surface area contributed by atoms with Crippen molar-refractivity contribution in [1.29, 1.82) is 5.41 Å². The van der Waals surface area contributed by atoms with E-state index in [4.69, 9.17) is 22.0 Å². The standard InChI is InChI=1S/C14H20N4O3/c15-6-2-1-3-11(14(20)21)18-8-10-7-9(13(16)17)4-5-12(10)19/h4-5,7-8,11,19H,1-3,6,15H2,(H3,16,17)(H,20,21)/t11-/m0/s1. The van der Waals surface area contributed by atoms with Gasteiger partial charge in [-0.2, -0.15) is 0 Å². The molecule has 7 N–H and O–H groups in total. The van der Waals surface area contributed by atoms with Crippen molar-refractivity contribution in [3.63, 3.8) is 0 Å². The Morgan fingerprint density at radius 1 is 1.43 bits per heavy atom. The van der Waals surface area contributed by atoms with Crippen LogP contribution < -0.4 is 11.5 Å². The van der Waals surface area contributed by atoms with E-state index in [1.165, 1.54) is 24.4 Å². The number of hydrogen-bond acceptors (Lipinski definition) is 5. The molecule has 0 fully saturated rings. The molecule has 1 aromatic carbocycles. The Hall–Kier alpha value is -2.41. The number of nitrogens with two attached hydrogens (primary N) is 2. The van der Waals surface area contributed by atoms with E-state index in [9.17, 15) is 9.90 Å². The number of carboxylic acid groups (broad SMARTS) is 1. The Labute approximate surface area is 122 Å². The Morgan fingerprint density at radius 2 is 2.14 bits per heavy atom. The molecule has 0 aliphatic heterocycles. The lowest BCUT2D eigenvalue weighted by atomic mass is 10.1. The van der Waals surface area contributed by atoms with Gasteiger partial charge in [0.05, 0.1) is 0 Å². The normalized spacial score (nSPS) is 12.4. The van der Waals surface area contributed by atoms with Gasteiger partial charge in [-0.05, 0) is 44.0 Å². The van der Waals surface area contributed by atoms with Crippen molar-refractivity contribution >= 4 is 18.0 Å². The summed E-state index contributed by atoms with van der Waals surface area (Å²) in [7, 11) is 0. The van der Waals surface area contributed by atoms with Crippen LogP contribution in [0.4, 0.5) is 0 Å². The first kappa shape index (κ1) is 16.6. The second-order valence-electron chi connectivity index (χ2n) is 4.60. The summed E-state index contributed by atoms with van der Waals surface area (Å²) in [6.45, 7) is 0.511. The zero-order valence-corrected chi connectivity index (χ0v) is 11.6. The number of benzene rings is 1. The summed E-state index contributed by atoms with van der Waals surface area (Å²) in [6.07, 6.45) is 3.09. The number of nitrogens with one attached hydrogen (secondary N) is 1. The lowest BCUT2D eigenvalue weighted by Gasteiger charge is -2.07. The molecular formula is C14H20N4O3. The van der Waals surface area contributed by atoms with Crippen LogP contribution in [0, 0.1) is 5.41 Å². The molecule has 7 nitrogen and oxygen atoms in total. The van der Waals surface area contributed by atoms with Crippen molar-refractivity contribution in [2.24, 2.45) is 16.5 Å². The number of unbranched alkanes of at least 4 members (excludes halogenated alkanes) is 1. The zero-order valence-electron chi connectivity index (χ0n) is 11.6. The van der Waals surface area contributed by atoms with Crippen molar-refractivity contribution in [2.75, 3.05) is 6.54 Å². The average molecular weight is 292 g/mol. The second kappa shape index (κ2) is 8.01. The molecule has 0 saturated carbocycles. The van der Waals surface area contributed by atoms with Crippen molar-refractivity contribution in [3.8, 4) is 5.75 Å². The molecule has 0 spiro atoms. The predicted octanol–water partition coefficient (Wildman–Crippen LogP) is 0.677. The third-order valence-electron chi connectivity index (χ3n) is 2.95. The van der Waals surface area contributed by atoms with E-state index in [1.54, 1.807) is 0 Å². The molecular weight excluding hydrogens is 272 g/mol. The van der Waals surface area contributed by atoms with E-state index in [-0.39, 0.29) is 11.6 Å². The maximum absolute atomic E-state index is 11.1. The van der Waals surface area contributed by atoms with Gasteiger partial charge in [0, 0.05) is 17.3 Å². The van der Waals surface area contributed by atoms with Crippen molar-refractivity contribution in [1.82, 2.24) is 0 Å². The number of carboxylic acids is 1. The monoisotopic (exact) mass is 292 g/mol. The minimum Gasteiger partial charge on any atom is -0.507 e. The lowest BCUT2D eigenvalue weighted by Crippen LogP contribution is -2.18. The molecule has 0 radical (unpaired) electrons. The Bertz CT molecular complexity index is 543. The molecule has 0 unspecified atom stereocenters. The van der Waals surface area contributed by atoms with Gasteiger partial charge in [-0.15, -0.1) is 0 Å². The van der Waals surface area contributed by atoms with E-state index >= 15 is 0 Å². The summed E-state index contributed by atoms with van der Waals surface area (Å²) >= 11 is 0. The molecule has 1 aromatic rings. The number of nitrogen functional groups attached to an aromatic ring is 1. The number of amidine groups is 1. The van der Waals surface area contributed by atoms with Crippen LogP contribution >= 0.6 is 0 Å². The number of nitrogens with zero attached hydrogens (tertiary/aromatic N) is 1. The summed E-state index contributed by atoms with van der Waals surface area (Å²) in [5.74, 6) is -1.21. The van der Waals surface area contributed by atoms with E-state index in [0.29, 0.717) is 30.5 Å². The first-order chi connectivity index (χ1) is 9.95. The van der Waals surface area contributed by atoms with Gasteiger partial charge < -0.3 is 21.7 Å². The van der Waals surface area contributed by atoms with Gasteiger partial charge in [0.2, 0.25) is 0 Å². The molecule has 114 valence electrons. The molecule has 7 heteroatoms. The van der Waals surface area contributed by atoms with Crippen LogP contribution in [-0.2, 0) is 4.79 Å². The Kier molecular flexibility index (Phi) is 6.35. The SMILES string of the molecule is N=C(N)c1ccc(O)c(C=N[C@@H](CCCCN)C(=O)O)c1. The summed E-state index contributed by atoms with van der Waals surface area (Å²) in [4.78, 5) is 15.1. The molecule has 1 atom stereocenters. The molecule has 0 aromatic heterocycles. The molecule has 0 saturated heterocycles. The third kappa shape index (κ3) is 5.23. The maximum atomic E-state index is 11.1. The fourth-order valence-electron chi connectivity index (χ4n) is 1.74. The van der Waals surface area contributed by atoms with Gasteiger partial charge in [-0.1, -0.05) is 0 Å². The summed E-state index contributed by atoms with van der Waals surface area (Å²) < 4.78 is 0. The van der Waals surface area contributed by atoms with Gasteiger partial charge in [0.15, 0.2) is 0 Å².